The van der Waals surface area contributed by atoms with Crippen LogP contribution in [0.1, 0.15) is 70.2 Å². The third-order valence-corrected chi connectivity index (χ3v) is 7.37. The molecular formula is C39H42Br2Cl2Zr-4. The van der Waals surface area contributed by atoms with Crippen molar-refractivity contribution < 1.29 is 24.2 Å². The fraction of sp³-hybridized carbons (Fsp3) is 0.256. The van der Waals surface area contributed by atoms with Crippen LogP contribution in [-0.2, 0) is 41.5 Å². The number of allylic oxidation sites excluding steroid dienone is 4. The Morgan fingerprint density at radius 2 is 1.32 bits per heavy atom. The van der Waals surface area contributed by atoms with Gasteiger partial charge in [0.15, 0.2) is 0 Å². The van der Waals surface area contributed by atoms with Crippen LogP contribution < -0.4 is 0 Å². The first-order chi connectivity index (χ1) is 19.9. The van der Waals surface area contributed by atoms with Gasteiger partial charge in [0.1, 0.15) is 0 Å². The van der Waals surface area contributed by atoms with Gasteiger partial charge in [-0.25, -0.2) is 12.2 Å². The molecule has 0 fully saturated rings. The van der Waals surface area contributed by atoms with Crippen LogP contribution in [0.5, 0.6) is 0 Å². The molecule has 0 aromatic heterocycles. The van der Waals surface area contributed by atoms with E-state index in [1.54, 1.807) is 0 Å². The van der Waals surface area contributed by atoms with E-state index < -0.39 is 0 Å². The molecule has 0 amide bonds. The van der Waals surface area contributed by atoms with E-state index in [1.807, 2.05) is 60.7 Å². The van der Waals surface area contributed by atoms with Gasteiger partial charge in [-0.3, -0.25) is 6.08 Å². The van der Waals surface area contributed by atoms with Crippen molar-refractivity contribution in [3.05, 3.63) is 153 Å². The number of fused-ring (bicyclic) bond motifs is 3. The molecule has 0 atom stereocenters. The van der Waals surface area contributed by atoms with Gasteiger partial charge in [-0.2, -0.15) is 90.5 Å². The minimum atomic E-state index is 0. The van der Waals surface area contributed by atoms with Crippen LogP contribution in [-0.4, -0.2) is 4.21 Å². The average molecular weight is 833 g/mol. The van der Waals surface area contributed by atoms with E-state index in [-0.39, 0.29) is 35.6 Å². The molecule has 44 heavy (non-hydrogen) atoms. The molecule has 0 nitrogen and oxygen atoms in total. The number of hydrogen-bond acceptors (Lipinski definition) is 0. The summed E-state index contributed by atoms with van der Waals surface area (Å²) in [6.45, 7) is 13.6. The van der Waals surface area contributed by atoms with Crippen molar-refractivity contribution in [1.82, 2.24) is 0 Å². The maximum absolute atomic E-state index is 3.67. The van der Waals surface area contributed by atoms with Crippen LogP contribution in [0.25, 0.3) is 11.1 Å². The van der Waals surface area contributed by atoms with Crippen LogP contribution in [0, 0.1) is 24.3 Å². The van der Waals surface area contributed by atoms with Gasteiger partial charge >= 0.3 is 28.4 Å². The Bertz CT molecular complexity index is 1330. The van der Waals surface area contributed by atoms with Gasteiger partial charge in [-0.15, -0.1) is 74.2 Å². The van der Waals surface area contributed by atoms with Gasteiger partial charge in [-0.05, 0) is 28.4 Å². The number of benzene rings is 4. The molecule has 2 aliphatic rings. The molecule has 0 radical (unpaired) electrons. The Labute approximate surface area is 311 Å². The summed E-state index contributed by atoms with van der Waals surface area (Å²) in [7, 11) is 0. The Hall–Kier alpha value is -1.35. The van der Waals surface area contributed by atoms with Crippen LogP contribution in [0.2, 0.25) is 0 Å². The van der Waals surface area contributed by atoms with Crippen molar-refractivity contribution in [2.24, 2.45) is 0 Å². The van der Waals surface area contributed by atoms with Gasteiger partial charge < -0.3 is 0 Å². The van der Waals surface area contributed by atoms with Crippen molar-refractivity contribution in [1.29, 1.82) is 0 Å². The summed E-state index contributed by atoms with van der Waals surface area (Å²) in [5, 5.41) is 0. The summed E-state index contributed by atoms with van der Waals surface area (Å²) in [6.07, 6.45) is 11.0. The van der Waals surface area contributed by atoms with Gasteiger partial charge in [0.25, 0.3) is 0 Å². The van der Waals surface area contributed by atoms with E-state index in [4.69, 9.17) is 0 Å². The van der Waals surface area contributed by atoms with Crippen molar-refractivity contribution >= 4 is 60.9 Å². The summed E-state index contributed by atoms with van der Waals surface area (Å²) < 4.78 is 5.50. The molecule has 4 aromatic carbocycles. The van der Waals surface area contributed by atoms with Crippen LogP contribution >= 0.6 is 56.7 Å². The SMILES string of the molecule is Brc1c[c-]ccc1.Brc1c[c-]ccc1.CC(C)(C)c1[c-]c2c(cc1)-c1ccc(C(C)(C)C)cc1C2.Cl.Cl.[C-]1=CC=CC1.[CH2]=[Zr]. The standard InChI is InChI=1S/C21H25.2C6H4Br.C5H5.CH2.2ClH.Zr/c1-20(2,3)16-7-9-18-14(12-16)11-15-13-17(21(4,5)6)8-10-19(15)18;2*7-6-4-2-1-3-5-6;1-2-4-5-3-1;;;;/h7-10,12H,11H2,1-6H3;2*1-2,4-5H;1-3H,4H2;1H2;2*1H;/q4*-1;;;;. The quantitative estimate of drug-likeness (QED) is 0.136. The molecule has 6 rings (SSSR count). The number of hydrogen-bond donors (Lipinski definition) is 0. The third kappa shape index (κ3) is 14.8. The molecule has 0 aliphatic heterocycles. The van der Waals surface area contributed by atoms with E-state index in [0.29, 0.717) is 0 Å². The fourth-order valence-corrected chi connectivity index (χ4v) is 4.68. The van der Waals surface area contributed by atoms with Gasteiger partial charge in [-0.1, -0.05) is 74.3 Å². The van der Waals surface area contributed by atoms with E-state index >= 15 is 0 Å². The summed E-state index contributed by atoms with van der Waals surface area (Å²) in [5.74, 6) is 0. The van der Waals surface area contributed by atoms with E-state index in [0.717, 1.165) is 21.8 Å². The van der Waals surface area contributed by atoms with Gasteiger partial charge in [0.05, 0.1) is 0 Å². The summed E-state index contributed by atoms with van der Waals surface area (Å²) in [5.41, 5.74) is 8.70. The van der Waals surface area contributed by atoms with Gasteiger partial charge in [0, 0.05) is 0 Å². The van der Waals surface area contributed by atoms with Crippen LogP contribution in [0.3, 0.4) is 0 Å². The molecular weight excluding hydrogens is 790 g/mol. The molecule has 0 N–H and O–H groups in total. The van der Waals surface area contributed by atoms with Crippen molar-refractivity contribution in [2.75, 3.05) is 0 Å². The van der Waals surface area contributed by atoms with Gasteiger partial charge in [0.2, 0.25) is 0 Å². The summed E-state index contributed by atoms with van der Waals surface area (Å²) in [4.78, 5) is 0. The zero-order chi connectivity index (χ0) is 31.2. The molecule has 0 heterocycles. The first-order valence-corrected chi connectivity index (χ1v) is 17.3. The minimum absolute atomic E-state index is 0. The molecule has 0 spiro atoms. The van der Waals surface area contributed by atoms with E-state index in [2.05, 4.69) is 138 Å². The van der Waals surface area contributed by atoms with Crippen molar-refractivity contribution in [3.8, 4) is 11.1 Å². The Morgan fingerprint density at radius 3 is 1.68 bits per heavy atom. The Morgan fingerprint density at radius 1 is 0.750 bits per heavy atom. The zero-order valence-corrected chi connectivity index (χ0v) is 33.7. The van der Waals surface area contributed by atoms with E-state index in [9.17, 15) is 0 Å². The molecule has 0 bridgehead atoms. The second-order valence-electron chi connectivity index (χ2n) is 11.8. The maximum atomic E-state index is 3.67. The summed E-state index contributed by atoms with van der Waals surface area (Å²) in [6, 6.07) is 36.3. The molecule has 2 aliphatic carbocycles. The topological polar surface area (TPSA) is 0 Å². The molecule has 234 valence electrons. The van der Waals surface area contributed by atoms with Crippen molar-refractivity contribution in [3.63, 3.8) is 0 Å². The normalized spacial score (nSPS) is 11.5. The third-order valence-electron chi connectivity index (χ3n) is 6.39. The first kappa shape index (κ1) is 42.7. The molecule has 0 saturated carbocycles. The second kappa shape index (κ2) is 21.4. The Kier molecular flexibility index (Phi) is 20.8. The second-order valence-corrected chi connectivity index (χ2v) is 13.6. The first-order valence-electron chi connectivity index (χ1n) is 13.9. The monoisotopic (exact) mass is 828 g/mol. The molecule has 4 aromatic rings. The zero-order valence-electron chi connectivity index (χ0n) is 26.4. The molecule has 0 unspecified atom stereocenters. The van der Waals surface area contributed by atoms with Crippen molar-refractivity contribution in [2.45, 2.75) is 65.2 Å². The van der Waals surface area contributed by atoms with Crippen LogP contribution in [0.4, 0.5) is 0 Å². The van der Waals surface area contributed by atoms with E-state index in [1.165, 1.54) is 57.6 Å². The predicted molar refractivity (Wildman–Crippen MR) is 200 cm³/mol. The fourth-order valence-electron chi connectivity index (χ4n) is 4.11. The predicted octanol–water partition coefficient (Wildman–Crippen LogP) is 12.3. The summed E-state index contributed by atoms with van der Waals surface area (Å²) >= 11 is 7.86. The molecule has 5 heteroatoms. The average Bonchev–Trinajstić information content (AvgIpc) is 3.66. The van der Waals surface area contributed by atoms with Crippen LogP contribution in [0.15, 0.2) is 106 Å². The Balaban J connectivity index is 0.000000658. The number of rotatable bonds is 0. The number of halogens is 4. The molecule has 0 saturated heterocycles.